The topological polar surface area (TPSA) is 103 Å². The van der Waals surface area contributed by atoms with Crippen LogP contribution in [0.15, 0.2) is 42.5 Å². The van der Waals surface area contributed by atoms with Crippen LogP contribution in [-0.2, 0) is 6.54 Å². The predicted molar refractivity (Wildman–Crippen MR) is 83.4 cm³/mol. The predicted octanol–water partition coefficient (Wildman–Crippen LogP) is 1.84. The molecule has 1 aliphatic rings. The van der Waals surface area contributed by atoms with Gasteiger partial charge < -0.3 is 25.8 Å². The van der Waals surface area contributed by atoms with Crippen LogP contribution in [0.4, 0.5) is 10.5 Å². The number of anilines is 1. The molecule has 7 nitrogen and oxygen atoms in total. The van der Waals surface area contributed by atoms with Crippen LogP contribution in [0, 0.1) is 0 Å². The number of amides is 3. The van der Waals surface area contributed by atoms with E-state index in [0.717, 1.165) is 5.56 Å². The van der Waals surface area contributed by atoms with Crippen molar-refractivity contribution in [1.82, 2.24) is 5.32 Å². The molecule has 0 saturated heterocycles. The van der Waals surface area contributed by atoms with Crippen LogP contribution in [0.3, 0.4) is 0 Å². The van der Waals surface area contributed by atoms with Gasteiger partial charge in [-0.15, -0.1) is 0 Å². The summed E-state index contributed by atoms with van der Waals surface area (Å²) in [6, 6.07) is 11.3. The number of nitrogens with two attached hydrogens (primary N) is 1. The molecule has 23 heavy (non-hydrogen) atoms. The molecule has 3 rings (SSSR count). The number of primary amides is 1. The fraction of sp³-hybridized carbons (Fsp3) is 0.125. The van der Waals surface area contributed by atoms with E-state index in [1.165, 1.54) is 0 Å². The van der Waals surface area contributed by atoms with E-state index < -0.39 is 6.03 Å². The van der Waals surface area contributed by atoms with E-state index >= 15 is 0 Å². The van der Waals surface area contributed by atoms with E-state index in [0.29, 0.717) is 29.3 Å². The Balaban J connectivity index is 1.59. The zero-order valence-electron chi connectivity index (χ0n) is 12.2. The molecule has 7 heteroatoms. The summed E-state index contributed by atoms with van der Waals surface area (Å²) in [6.07, 6.45) is 0. The minimum atomic E-state index is -0.648. The third kappa shape index (κ3) is 3.52. The van der Waals surface area contributed by atoms with Gasteiger partial charge in [0.15, 0.2) is 11.5 Å². The molecule has 118 valence electrons. The van der Waals surface area contributed by atoms with Gasteiger partial charge in [-0.25, -0.2) is 4.79 Å². The van der Waals surface area contributed by atoms with Crippen molar-refractivity contribution in [2.45, 2.75) is 6.54 Å². The maximum Gasteiger partial charge on any atom is 0.316 e. The van der Waals surface area contributed by atoms with Crippen LogP contribution in [0.25, 0.3) is 0 Å². The Bertz CT molecular complexity index is 743. The fourth-order valence-corrected chi connectivity index (χ4v) is 2.18. The number of fused-ring (bicyclic) bond motifs is 1. The van der Waals surface area contributed by atoms with E-state index in [9.17, 15) is 9.59 Å². The van der Waals surface area contributed by atoms with Crippen LogP contribution < -0.4 is 25.8 Å². The number of ether oxygens (including phenoxy) is 2. The Kier molecular flexibility index (Phi) is 4.01. The first-order valence-electron chi connectivity index (χ1n) is 6.95. The smallest absolute Gasteiger partial charge is 0.316 e. The molecule has 0 atom stereocenters. The lowest BCUT2D eigenvalue weighted by Crippen LogP contribution is -2.23. The normalized spacial score (nSPS) is 11.8. The van der Waals surface area contributed by atoms with Crippen molar-refractivity contribution in [2.24, 2.45) is 5.73 Å². The minimum Gasteiger partial charge on any atom is -0.454 e. The fourth-order valence-electron chi connectivity index (χ4n) is 2.18. The SMILES string of the molecule is NC(=O)Nc1ccc(C(=O)NCc2ccc3c(c2)OCO3)cc1. The van der Waals surface area contributed by atoms with Crippen molar-refractivity contribution in [3.63, 3.8) is 0 Å². The van der Waals surface area contributed by atoms with Crippen LogP contribution >= 0.6 is 0 Å². The van der Waals surface area contributed by atoms with Gasteiger partial charge in [0.2, 0.25) is 6.79 Å². The first-order chi connectivity index (χ1) is 11.1. The van der Waals surface area contributed by atoms with Gasteiger partial charge in [0.25, 0.3) is 5.91 Å². The van der Waals surface area contributed by atoms with Crippen LogP contribution in [-0.4, -0.2) is 18.7 Å². The Morgan fingerprint density at radius 3 is 2.52 bits per heavy atom. The molecule has 1 aliphatic heterocycles. The lowest BCUT2D eigenvalue weighted by molar-refractivity contribution is 0.0951. The highest BCUT2D eigenvalue weighted by Crippen LogP contribution is 2.32. The Hall–Kier alpha value is -3.22. The van der Waals surface area contributed by atoms with E-state index in [1.807, 2.05) is 18.2 Å². The summed E-state index contributed by atoms with van der Waals surface area (Å²) in [5, 5.41) is 5.25. The van der Waals surface area contributed by atoms with Crippen molar-refractivity contribution >= 4 is 17.6 Å². The summed E-state index contributed by atoms with van der Waals surface area (Å²) < 4.78 is 10.5. The van der Waals surface area contributed by atoms with Crippen molar-refractivity contribution in [3.05, 3.63) is 53.6 Å². The number of carbonyl (C=O) groups excluding carboxylic acids is 2. The standard InChI is InChI=1S/C16H15N3O4/c17-16(21)19-12-4-2-11(3-5-12)15(20)18-8-10-1-6-13-14(7-10)23-9-22-13/h1-7H,8-9H2,(H,18,20)(H3,17,19,21). The maximum absolute atomic E-state index is 12.1. The monoisotopic (exact) mass is 313 g/mol. The van der Waals surface area contributed by atoms with Crippen LogP contribution in [0.2, 0.25) is 0 Å². The second kappa shape index (κ2) is 6.27. The van der Waals surface area contributed by atoms with Gasteiger partial charge in [-0.05, 0) is 42.0 Å². The van der Waals surface area contributed by atoms with E-state index in [4.69, 9.17) is 15.2 Å². The average Bonchev–Trinajstić information content (AvgIpc) is 3.00. The third-order valence-corrected chi connectivity index (χ3v) is 3.30. The molecule has 4 N–H and O–H groups in total. The molecule has 1 heterocycles. The molecule has 2 aromatic rings. The number of nitrogens with one attached hydrogen (secondary N) is 2. The van der Waals surface area contributed by atoms with Crippen LogP contribution in [0.1, 0.15) is 15.9 Å². The van der Waals surface area contributed by atoms with Gasteiger partial charge in [-0.3, -0.25) is 4.79 Å². The third-order valence-electron chi connectivity index (χ3n) is 3.30. The Morgan fingerprint density at radius 1 is 1.04 bits per heavy atom. The zero-order chi connectivity index (χ0) is 16.2. The molecule has 0 radical (unpaired) electrons. The van der Waals surface area contributed by atoms with Gasteiger partial charge in [-0.2, -0.15) is 0 Å². The highest BCUT2D eigenvalue weighted by Gasteiger charge is 2.13. The van der Waals surface area contributed by atoms with E-state index in [-0.39, 0.29) is 12.7 Å². The van der Waals surface area contributed by atoms with Gasteiger partial charge in [0.1, 0.15) is 0 Å². The summed E-state index contributed by atoms with van der Waals surface area (Å²) in [5.41, 5.74) is 6.96. The van der Waals surface area contributed by atoms with Crippen molar-refractivity contribution < 1.29 is 19.1 Å². The quantitative estimate of drug-likeness (QED) is 0.801. The summed E-state index contributed by atoms with van der Waals surface area (Å²) in [7, 11) is 0. The molecule has 0 fully saturated rings. The summed E-state index contributed by atoms with van der Waals surface area (Å²) >= 11 is 0. The number of rotatable bonds is 4. The van der Waals surface area contributed by atoms with Gasteiger partial charge in [-0.1, -0.05) is 6.07 Å². The number of urea groups is 1. The molecule has 3 amide bonds. The number of hydrogen-bond acceptors (Lipinski definition) is 4. The molecule has 0 aromatic heterocycles. The molecule has 2 aromatic carbocycles. The Morgan fingerprint density at radius 2 is 1.78 bits per heavy atom. The maximum atomic E-state index is 12.1. The number of carbonyl (C=O) groups is 2. The highest BCUT2D eigenvalue weighted by molar-refractivity contribution is 5.95. The highest BCUT2D eigenvalue weighted by atomic mass is 16.7. The molecular formula is C16H15N3O4. The molecule has 0 saturated carbocycles. The first kappa shape index (κ1) is 14.7. The van der Waals surface area contributed by atoms with E-state index in [2.05, 4.69) is 10.6 Å². The minimum absolute atomic E-state index is 0.215. The molecule has 0 spiro atoms. The lowest BCUT2D eigenvalue weighted by Gasteiger charge is -2.07. The zero-order valence-corrected chi connectivity index (χ0v) is 12.2. The van der Waals surface area contributed by atoms with Gasteiger partial charge >= 0.3 is 6.03 Å². The van der Waals surface area contributed by atoms with Crippen molar-refractivity contribution in [3.8, 4) is 11.5 Å². The second-order valence-electron chi connectivity index (χ2n) is 4.94. The second-order valence-corrected chi connectivity index (χ2v) is 4.94. The first-order valence-corrected chi connectivity index (χ1v) is 6.95. The molecule has 0 bridgehead atoms. The Labute approximate surface area is 132 Å². The molecular weight excluding hydrogens is 298 g/mol. The van der Waals surface area contributed by atoms with Gasteiger partial charge in [0.05, 0.1) is 0 Å². The largest absolute Gasteiger partial charge is 0.454 e. The van der Waals surface area contributed by atoms with Crippen LogP contribution in [0.5, 0.6) is 11.5 Å². The molecule has 0 unspecified atom stereocenters. The summed E-state index contributed by atoms with van der Waals surface area (Å²) in [4.78, 5) is 22.8. The number of hydrogen-bond donors (Lipinski definition) is 3. The van der Waals surface area contributed by atoms with Gasteiger partial charge in [0, 0.05) is 17.8 Å². The molecule has 0 aliphatic carbocycles. The summed E-state index contributed by atoms with van der Waals surface area (Å²) in [5.74, 6) is 1.17. The van der Waals surface area contributed by atoms with Crippen molar-refractivity contribution in [1.29, 1.82) is 0 Å². The summed E-state index contributed by atoms with van der Waals surface area (Å²) in [6.45, 7) is 0.591. The lowest BCUT2D eigenvalue weighted by atomic mass is 10.1. The van der Waals surface area contributed by atoms with E-state index in [1.54, 1.807) is 24.3 Å². The average molecular weight is 313 g/mol. The van der Waals surface area contributed by atoms with Crippen molar-refractivity contribution in [2.75, 3.05) is 12.1 Å². The number of benzene rings is 2.